The van der Waals surface area contributed by atoms with Crippen molar-refractivity contribution in [3.63, 3.8) is 0 Å². The van der Waals surface area contributed by atoms with Gasteiger partial charge in [-0.15, -0.1) is 0 Å². The van der Waals surface area contributed by atoms with Crippen molar-refractivity contribution in [3.05, 3.63) is 22.4 Å². The standard InChI is InChI=1S/C10H9BrN2O3/c11-7-3-12-2-6-8-1-5(16-9(6)7)4-13(8)10(14)15/h2-3,5,8H,1,4H2,(H,14,15)/t5-,8-/m0/s1. The zero-order valence-electron chi connectivity index (χ0n) is 8.26. The number of hydrogen-bond donors (Lipinski definition) is 1. The van der Waals surface area contributed by atoms with E-state index in [1.54, 1.807) is 12.4 Å². The number of halogens is 1. The first-order valence-corrected chi connectivity index (χ1v) is 5.75. The van der Waals surface area contributed by atoms with E-state index in [2.05, 4.69) is 20.9 Å². The molecule has 3 heterocycles. The molecule has 1 fully saturated rings. The lowest BCUT2D eigenvalue weighted by Gasteiger charge is -2.25. The van der Waals surface area contributed by atoms with Crippen molar-refractivity contribution in [2.45, 2.75) is 18.6 Å². The van der Waals surface area contributed by atoms with E-state index in [1.165, 1.54) is 4.90 Å². The molecular formula is C10H9BrN2O3. The molecule has 84 valence electrons. The minimum Gasteiger partial charge on any atom is -0.487 e. The van der Waals surface area contributed by atoms with Gasteiger partial charge in [0.25, 0.3) is 0 Å². The Labute approximate surface area is 100 Å². The summed E-state index contributed by atoms with van der Waals surface area (Å²) < 4.78 is 6.53. The number of fused-ring (bicyclic) bond motifs is 4. The summed E-state index contributed by atoms with van der Waals surface area (Å²) in [4.78, 5) is 16.6. The van der Waals surface area contributed by atoms with Crippen LogP contribution in [0.5, 0.6) is 5.75 Å². The fourth-order valence-corrected chi connectivity index (χ4v) is 2.80. The molecule has 2 aliphatic heterocycles. The molecule has 3 rings (SSSR count). The van der Waals surface area contributed by atoms with Gasteiger partial charge in [-0.05, 0) is 15.9 Å². The molecule has 1 saturated heterocycles. The van der Waals surface area contributed by atoms with Crippen LogP contribution in [0.25, 0.3) is 0 Å². The maximum atomic E-state index is 11.1. The second kappa shape index (κ2) is 3.35. The van der Waals surface area contributed by atoms with Crippen LogP contribution < -0.4 is 4.74 Å². The maximum Gasteiger partial charge on any atom is 0.407 e. The highest BCUT2D eigenvalue weighted by atomic mass is 79.9. The monoisotopic (exact) mass is 284 g/mol. The summed E-state index contributed by atoms with van der Waals surface area (Å²) >= 11 is 3.37. The van der Waals surface area contributed by atoms with Crippen molar-refractivity contribution < 1.29 is 14.6 Å². The van der Waals surface area contributed by atoms with Gasteiger partial charge in [-0.1, -0.05) is 0 Å². The minimum atomic E-state index is -0.899. The Morgan fingerprint density at radius 2 is 2.44 bits per heavy atom. The fourth-order valence-electron chi connectivity index (χ4n) is 2.36. The molecule has 1 aromatic rings. The van der Waals surface area contributed by atoms with Crippen LogP contribution in [-0.2, 0) is 0 Å². The van der Waals surface area contributed by atoms with Crippen molar-refractivity contribution in [3.8, 4) is 5.75 Å². The van der Waals surface area contributed by atoms with Gasteiger partial charge in [-0.25, -0.2) is 4.79 Å². The van der Waals surface area contributed by atoms with E-state index in [-0.39, 0.29) is 12.1 Å². The van der Waals surface area contributed by atoms with Crippen LogP contribution in [-0.4, -0.2) is 33.7 Å². The highest BCUT2D eigenvalue weighted by molar-refractivity contribution is 9.10. The zero-order chi connectivity index (χ0) is 11.3. The van der Waals surface area contributed by atoms with Crippen molar-refractivity contribution in [1.82, 2.24) is 9.88 Å². The lowest BCUT2D eigenvalue weighted by molar-refractivity contribution is 0.139. The van der Waals surface area contributed by atoms with Gasteiger partial charge in [0.05, 0.1) is 17.1 Å². The quantitative estimate of drug-likeness (QED) is 0.792. The van der Waals surface area contributed by atoms with Gasteiger partial charge >= 0.3 is 6.09 Å². The molecule has 0 saturated carbocycles. The first-order chi connectivity index (χ1) is 7.66. The summed E-state index contributed by atoms with van der Waals surface area (Å²) in [5, 5.41) is 9.09. The van der Waals surface area contributed by atoms with E-state index < -0.39 is 6.09 Å². The molecule has 2 bridgehead atoms. The molecule has 1 N–H and O–H groups in total. The van der Waals surface area contributed by atoms with E-state index in [4.69, 9.17) is 9.84 Å². The second-order valence-electron chi connectivity index (χ2n) is 3.97. The average Bonchev–Trinajstić information content (AvgIpc) is 2.59. The maximum absolute atomic E-state index is 11.1. The summed E-state index contributed by atoms with van der Waals surface area (Å²) in [6.45, 7) is 0.432. The van der Waals surface area contributed by atoms with Crippen LogP contribution in [0, 0.1) is 0 Å². The van der Waals surface area contributed by atoms with Crippen molar-refractivity contribution in [2.75, 3.05) is 6.54 Å². The van der Waals surface area contributed by atoms with Gasteiger partial charge in [0.15, 0.2) is 0 Å². The Kier molecular flexibility index (Phi) is 2.07. The normalized spacial score (nSPS) is 26.2. The smallest absolute Gasteiger partial charge is 0.407 e. The fraction of sp³-hybridized carbons (Fsp3) is 0.400. The number of amides is 1. The summed E-state index contributed by atoms with van der Waals surface area (Å²) in [7, 11) is 0. The lowest BCUT2D eigenvalue weighted by atomic mass is 10.0. The van der Waals surface area contributed by atoms with Crippen LogP contribution in [0.15, 0.2) is 16.9 Å². The van der Waals surface area contributed by atoms with Crippen LogP contribution in [0.2, 0.25) is 0 Å². The van der Waals surface area contributed by atoms with Crippen LogP contribution in [0.4, 0.5) is 4.79 Å². The highest BCUT2D eigenvalue weighted by Crippen LogP contribution is 2.45. The summed E-state index contributed by atoms with van der Waals surface area (Å²) in [5.41, 5.74) is 0.852. The van der Waals surface area contributed by atoms with Crippen molar-refractivity contribution >= 4 is 22.0 Å². The van der Waals surface area contributed by atoms with Gasteiger partial charge in [0, 0.05) is 24.4 Å². The van der Waals surface area contributed by atoms with E-state index in [9.17, 15) is 4.79 Å². The summed E-state index contributed by atoms with van der Waals surface area (Å²) in [5.74, 6) is 0.736. The van der Waals surface area contributed by atoms with E-state index >= 15 is 0 Å². The molecular weight excluding hydrogens is 276 g/mol. The van der Waals surface area contributed by atoms with Gasteiger partial charge < -0.3 is 9.84 Å². The molecule has 5 nitrogen and oxygen atoms in total. The van der Waals surface area contributed by atoms with Crippen LogP contribution in [0.1, 0.15) is 18.0 Å². The van der Waals surface area contributed by atoms with Crippen LogP contribution >= 0.6 is 15.9 Å². The molecule has 6 heteroatoms. The Hall–Kier alpha value is -1.30. The molecule has 1 amide bonds. The lowest BCUT2D eigenvalue weighted by Crippen LogP contribution is -2.29. The Balaban J connectivity index is 2.09. The molecule has 0 aliphatic carbocycles. The average molecular weight is 285 g/mol. The van der Waals surface area contributed by atoms with E-state index in [0.717, 1.165) is 22.2 Å². The predicted molar refractivity (Wildman–Crippen MR) is 58.4 cm³/mol. The SMILES string of the molecule is O=C(O)N1C[C@@H]2C[C@H]1c1cncc(Br)c1O2. The van der Waals surface area contributed by atoms with Crippen LogP contribution in [0.3, 0.4) is 0 Å². The second-order valence-corrected chi connectivity index (χ2v) is 4.82. The van der Waals surface area contributed by atoms with Gasteiger partial charge in [-0.3, -0.25) is 9.88 Å². The molecule has 0 spiro atoms. The number of pyridine rings is 1. The first kappa shape index (κ1) is 9.89. The third-order valence-corrected chi connectivity index (χ3v) is 3.60. The van der Waals surface area contributed by atoms with Crippen molar-refractivity contribution in [1.29, 1.82) is 0 Å². The molecule has 16 heavy (non-hydrogen) atoms. The van der Waals surface area contributed by atoms with Gasteiger partial charge in [-0.2, -0.15) is 0 Å². The number of carbonyl (C=O) groups is 1. The van der Waals surface area contributed by atoms with Crippen molar-refractivity contribution in [2.24, 2.45) is 0 Å². The van der Waals surface area contributed by atoms with E-state index in [1.807, 2.05) is 0 Å². The molecule has 0 radical (unpaired) electrons. The predicted octanol–water partition coefficient (Wildman–Crippen LogP) is 2.03. The molecule has 0 unspecified atom stereocenters. The molecule has 0 aromatic carbocycles. The molecule has 2 atom stereocenters. The Morgan fingerprint density at radius 1 is 1.62 bits per heavy atom. The Morgan fingerprint density at radius 3 is 3.19 bits per heavy atom. The number of hydrogen-bond acceptors (Lipinski definition) is 3. The number of likely N-dealkylation sites (tertiary alicyclic amines) is 1. The largest absolute Gasteiger partial charge is 0.487 e. The number of carboxylic acid groups (broad SMARTS) is 1. The number of rotatable bonds is 0. The van der Waals surface area contributed by atoms with Gasteiger partial charge in [0.2, 0.25) is 0 Å². The molecule has 1 aromatic heterocycles. The zero-order valence-corrected chi connectivity index (χ0v) is 9.85. The number of nitrogens with zero attached hydrogens (tertiary/aromatic N) is 2. The third-order valence-electron chi connectivity index (χ3n) is 3.03. The number of ether oxygens (including phenoxy) is 1. The summed E-state index contributed by atoms with van der Waals surface area (Å²) in [6, 6.07) is -0.115. The number of aromatic nitrogens is 1. The molecule has 2 aliphatic rings. The van der Waals surface area contributed by atoms with E-state index in [0.29, 0.717) is 6.54 Å². The third kappa shape index (κ3) is 1.29. The topological polar surface area (TPSA) is 62.7 Å². The minimum absolute atomic E-state index is 0.0349. The highest BCUT2D eigenvalue weighted by Gasteiger charge is 2.43. The first-order valence-electron chi connectivity index (χ1n) is 4.96. The Bertz CT molecular complexity index is 465. The summed E-state index contributed by atoms with van der Waals surface area (Å²) in [6.07, 6.45) is 3.13. The van der Waals surface area contributed by atoms with Gasteiger partial charge in [0.1, 0.15) is 11.9 Å².